The molecule has 1 fully saturated rings. The first-order valence-corrected chi connectivity index (χ1v) is 10.1. The van der Waals surface area contributed by atoms with Crippen molar-refractivity contribution in [1.82, 2.24) is 25.8 Å². The van der Waals surface area contributed by atoms with Gasteiger partial charge in [-0.15, -0.1) is 0 Å². The average Bonchev–Trinajstić information content (AvgIpc) is 3.06. The van der Waals surface area contributed by atoms with Gasteiger partial charge in [0.2, 0.25) is 11.8 Å². The van der Waals surface area contributed by atoms with E-state index >= 15 is 0 Å². The molecule has 0 radical (unpaired) electrons. The number of nitrogens with zero attached hydrogens (tertiary/aromatic N) is 2. The normalized spacial score (nSPS) is 17.9. The van der Waals surface area contributed by atoms with Crippen molar-refractivity contribution >= 4 is 23.8 Å². The van der Waals surface area contributed by atoms with Crippen LogP contribution < -0.4 is 16.0 Å². The van der Waals surface area contributed by atoms with Gasteiger partial charge in [0.1, 0.15) is 6.04 Å². The first-order valence-electron chi connectivity index (χ1n) is 10.1. The van der Waals surface area contributed by atoms with Crippen LogP contribution in [0.25, 0.3) is 0 Å². The molecular formula is C22H23N5O4. The van der Waals surface area contributed by atoms with Gasteiger partial charge in [-0.2, -0.15) is 0 Å². The Bertz CT molecular complexity index is 1070. The maximum atomic E-state index is 12.9. The van der Waals surface area contributed by atoms with E-state index in [4.69, 9.17) is 0 Å². The molecule has 1 aromatic carbocycles. The van der Waals surface area contributed by atoms with Crippen LogP contribution in [0.4, 0.5) is 4.79 Å². The van der Waals surface area contributed by atoms with Crippen molar-refractivity contribution in [2.24, 2.45) is 0 Å². The lowest BCUT2D eigenvalue weighted by Crippen LogP contribution is -2.52. The molecule has 1 saturated heterocycles. The number of nitrogens with one attached hydrogen (secondary N) is 3. The van der Waals surface area contributed by atoms with E-state index in [9.17, 15) is 19.2 Å². The van der Waals surface area contributed by atoms with Crippen LogP contribution in [0.1, 0.15) is 45.6 Å². The zero-order valence-electron chi connectivity index (χ0n) is 17.1. The van der Waals surface area contributed by atoms with Crippen LogP contribution in [-0.4, -0.2) is 39.7 Å². The van der Waals surface area contributed by atoms with Gasteiger partial charge in [0.05, 0.1) is 12.2 Å². The van der Waals surface area contributed by atoms with Crippen LogP contribution in [0.5, 0.6) is 0 Å². The van der Waals surface area contributed by atoms with Crippen LogP contribution in [0.3, 0.4) is 0 Å². The standard InChI is InChI=1S/C22H23N5O4/c1-13-6-7-23-16(8-13)11-25-22(31)24-10-14-2-3-15-12-27(21(30)17(15)9-14)18-4-5-19(28)26-20(18)29/h2-3,6-9,18H,4-5,10-12H2,1H3,(H2,24,25,31)(H,26,28,29). The van der Waals surface area contributed by atoms with E-state index in [2.05, 4.69) is 20.9 Å². The Morgan fingerprint density at radius 3 is 2.74 bits per heavy atom. The summed E-state index contributed by atoms with van der Waals surface area (Å²) in [4.78, 5) is 54.2. The third-order valence-corrected chi connectivity index (χ3v) is 5.45. The number of pyridine rings is 1. The zero-order valence-corrected chi connectivity index (χ0v) is 17.1. The quantitative estimate of drug-likeness (QED) is 0.626. The largest absolute Gasteiger partial charge is 0.334 e. The molecule has 1 aromatic heterocycles. The Morgan fingerprint density at radius 2 is 1.97 bits per heavy atom. The lowest BCUT2D eigenvalue weighted by Gasteiger charge is -2.29. The molecule has 1 atom stereocenters. The number of rotatable bonds is 5. The number of aryl methyl sites for hydroxylation is 1. The zero-order chi connectivity index (χ0) is 22.0. The molecule has 160 valence electrons. The predicted molar refractivity (Wildman–Crippen MR) is 111 cm³/mol. The minimum atomic E-state index is -0.639. The van der Waals surface area contributed by atoms with Gasteiger partial charge in [-0.05, 0) is 48.2 Å². The van der Waals surface area contributed by atoms with Crippen molar-refractivity contribution in [3.63, 3.8) is 0 Å². The number of aromatic nitrogens is 1. The van der Waals surface area contributed by atoms with E-state index in [1.807, 2.05) is 31.2 Å². The molecular weight excluding hydrogens is 398 g/mol. The fraction of sp³-hybridized carbons (Fsp3) is 0.318. The Labute approximate surface area is 179 Å². The molecule has 1 unspecified atom stereocenters. The number of imide groups is 1. The van der Waals surface area contributed by atoms with Crippen LogP contribution in [0, 0.1) is 6.92 Å². The Kier molecular flexibility index (Phi) is 5.66. The fourth-order valence-corrected chi connectivity index (χ4v) is 3.82. The summed E-state index contributed by atoms with van der Waals surface area (Å²) in [5, 5.41) is 7.82. The second-order valence-corrected chi connectivity index (χ2v) is 7.75. The molecule has 9 heteroatoms. The fourth-order valence-electron chi connectivity index (χ4n) is 3.82. The van der Waals surface area contributed by atoms with Crippen LogP contribution in [0.2, 0.25) is 0 Å². The molecule has 0 saturated carbocycles. The summed E-state index contributed by atoms with van der Waals surface area (Å²) < 4.78 is 0. The second kappa shape index (κ2) is 8.55. The van der Waals surface area contributed by atoms with E-state index in [1.165, 1.54) is 4.90 Å². The number of carbonyl (C=O) groups excluding carboxylic acids is 4. The molecule has 2 aliphatic heterocycles. The third kappa shape index (κ3) is 4.55. The van der Waals surface area contributed by atoms with E-state index in [1.54, 1.807) is 12.3 Å². The minimum Gasteiger partial charge on any atom is -0.334 e. The Hall–Kier alpha value is -3.75. The molecule has 0 bridgehead atoms. The van der Waals surface area contributed by atoms with Gasteiger partial charge in [-0.1, -0.05) is 12.1 Å². The van der Waals surface area contributed by atoms with Crippen molar-refractivity contribution in [3.8, 4) is 0 Å². The van der Waals surface area contributed by atoms with Crippen molar-refractivity contribution < 1.29 is 19.2 Å². The number of urea groups is 1. The minimum absolute atomic E-state index is 0.221. The van der Waals surface area contributed by atoms with E-state index in [-0.39, 0.29) is 30.8 Å². The van der Waals surface area contributed by atoms with Gasteiger partial charge in [0, 0.05) is 31.3 Å². The summed E-state index contributed by atoms with van der Waals surface area (Å²) in [6, 6.07) is 8.25. The lowest BCUT2D eigenvalue weighted by atomic mass is 10.0. The summed E-state index contributed by atoms with van der Waals surface area (Å²) >= 11 is 0. The van der Waals surface area contributed by atoms with E-state index in [0.717, 1.165) is 22.4 Å². The van der Waals surface area contributed by atoms with E-state index in [0.29, 0.717) is 25.1 Å². The number of fused-ring (bicyclic) bond motifs is 1. The first kappa shape index (κ1) is 20.5. The average molecular weight is 421 g/mol. The van der Waals surface area contributed by atoms with Crippen LogP contribution >= 0.6 is 0 Å². The lowest BCUT2D eigenvalue weighted by molar-refractivity contribution is -0.136. The van der Waals surface area contributed by atoms with Crippen LogP contribution in [0.15, 0.2) is 36.5 Å². The molecule has 31 heavy (non-hydrogen) atoms. The smallest absolute Gasteiger partial charge is 0.315 e. The van der Waals surface area contributed by atoms with Gasteiger partial charge < -0.3 is 15.5 Å². The molecule has 4 rings (SSSR count). The number of piperidine rings is 1. The maximum absolute atomic E-state index is 12.9. The summed E-state index contributed by atoms with van der Waals surface area (Å²) in [7, 11) is 0. The van der Waals surface area contributed by atoms with Crippen molar-refractivity contribution in [3.05, 3.63) is 64.5 Å². The number of hydrogen-bond acceptors (Lipinski definition) is 5. The number of carbonyl (C=O) groups is 4. The first-order chi connectivity index (χ1) is 14.9. The SMILES string of the molecule is Cc1ccnc(CNC(=O)NCc2ccc3c(c2)C(=O)N(C2CCC(=O)NC2=O)C3)c1. The predicted octanol–water partition coefficient (Wildman–Crippen LogP) is 1.15. The molecule has 2 aromatic rings. The highest BCUT2D eigenvalue weighted by molar-refractivity contribution is 6.05. The highest BCUT2D eigenvalue weighted by Gasteiger charge is 2.39. The number of benzene rings is 1. The Balaban J connectivity index is 1.34. The van der Waals surface area contributed by atoms with Gasteiger partial charge in [0.25, 0.3) is 5.91 Å². The maximum Gasteiger partial charge on any atom is 0.315 e. The number of hydrogen-bond donors (Lipinski definition) is 3. The molecule has 2 aliphatic rings. The van der Waals surface area contributed by atoms with Crippen molar-refractivity contribution in [2.75, 3.05) is 0 Å². The van der Waals surface area contributed by atoms with E-state index < -0.39 is 11.9 Å². The number of amides is 5. The molecule has 0 aliphatic carbocycles. The molecule has 0 spiro atoms. The second-order valence-electron chi connectivity index (χ2n) is 7.75. The molecule has 5 amide bonds. The summed E-state index contributed by atoms with van der Waals surface area (Å²) in [5.74, 6) is -0.976. The third-order valence-electron chi connectivity index (χ3n) is 5.45. The summed E-state index contributed by atoms with van der Waals surface area (Å²) in [5.41, 5.74) is 3.97. The molecule has 3 N–H and O–H groups in total. The van der Waals surface area contributed by atoms with Crippen molar-refractivity contribution in [2.45, 2.75) is 45.4 Å². The topological polar surface area (TPSA) is 120 Å². The monoisotopic (exact) mass is 421 g/mol. The Morgan fingerprint density at radius 1 is 1.16 bits per heavy atom. The molecule has 9 nitrogen and oxygen atoms in total. The summed E-state index contributed by atoms with van der Waals surface area (Å²) in [6.45, 7) is 2.86. The highest BCUT2D eigenvalue weighted by Crippen LogP contribution is 2.28. The van der Waals surface area contributed by atoms with Crippen molar-refractivity contribution in [1.29, 1.82) is 0 Å². The molecule has 3 heterocycles. The van der Waals surface area contributed by atoms with Gasteiger partial charge in [-0.3, -0.25) is 24.7 Å². The van der Waals surface area contributed by atoms with Gasteiger partial charge in [-0.25, -0.2) is 4.79 Å². The highest BCUT2D eigenvalue weighted by atomic mass is 16.2. The summed E-state index contributed by atoms with van der Waals surface area (Å²) in [6.07, 6.45) is 2.25. The van der Waals surface area contributed by atoms with Gasteiger partial charge >= 0.3 is 6.03 Å². The van der Waals surface area contributed by atoms with Crippen LogP contribution in [-0.2, 0) is 29.2 Å². The van der Waals surface area contributed by atoms with Gasteiger partial charge in [0.15, 0.2) is 0 Å².